The Morgan fingerprint density at radius 3 is 2.46 bits per heavy atom. The van der Waals surface area contributed by atoms with Crippen molar-refractivity contribution in [3.05, 3.63) is 65.5 Å². The van der Waals surface area contributed by atoms with Gasteiger partial charge in [-0.3, -0.25) is 4.90 Å². The van der Waals surface area contributed by atoms with Crippen LogP contribution < -0.4 is 0 Å². The fourth-order valence-corrected chi connectivity index (χ4v) is 3.39. The fourth-order valence-electron chi connectivity index (χ4n) is 3.39. The molecule has 0 aliphatic heterocycles. The lowest BCUT2D eigenvalue weighted by Gasteiger charge is -2.29. The van der Waals surface area contributed by atoms with E-state index in [9.17, 15) is 5.11 Å². The van der Waals surface area contributed by atoms with Gasteiger partial charge in [0.05, 0.1) is 6.61 Å². The van der Waals surface area contributed by atoms with Crippen molar-refractivity contribution in [1.82, 2.24) is 14.9 Å². The topological polar surface area (TPSA) is 52.1 Å². The average molecular weight is 351 g/mol. The highest BCUT2D eigenvalue weighted by Gasteiger charge is 2.25. The summed E-state index contributed by atoms with van der Waals surface area (Å²) < 4.78 is 0. The van der Waals surface area contributed by atoms with Crippen LogP contribution in [0, 0.1) is 0 Å². The molecule has 0 saturated carbocycles. The first-order chi connectivity index (χ1) is 12.4. The number of aromatic amines is 1. The first kappa shape index (κ1) is 18.6. The first-order valence-electron chi connectivity index (χ1n) is 9.25. The SMILES string of the molecule is C[C@@H](CO)N(Cc1ccccc1)Cc1c(C(C)(C)C)[nH]c2ncccc12. The third-order valence-corrected chi connectivity index (χ3v) is 4.91. The molecule has 2 aromatic heterocycles. The number of hydrogen-bond acceptors (Lipinski definition) is 3. The summed E-state index contributed by atoms with van der Waals surface area (Å²) in [4.78, 5) is 10.4. The standard InChI is InChI=1S/C22H29N3O/c1-16(15-26)25(13-17-9-6-5-7-10-17)14-19-18-11-8-12-23-21(18)24-20(19)22(2,3)4/h5-12,16,26H,13-15H2,1-4H3,(H,23,24)/t16-/m0/s1. The summed E-state index contributed by atoms with van der Waals surface area (Å²) in [6.45, 7) is 10.5. The van der Waals surface area contributed by atoms with Crippen molar-refractivity contribution >= 4 is 11.0 Å². The Hall–Kier alpha value is -2.17. The van der Waals surface area contributed by atoms with Crippen LogP contribution in [0.2, 0.25) is 0 Å². The summed E-state index contributed by atoms with van der Waals surface area (Å²) in [5, 5.41) is 11.0. The van der Waals surface area contributed by atoms with Crippen LogP contribution in [-0.4, -0.2) is 32.6 Å². The van der Waals surface area contributed by atoms with Crippen molar-refractivity contribution in [3.8, 4) is 0 Å². The second kappa shape index (κ2) is 7.60. The largest absolute Gasteiger partial charge is 0.395 e. The summed E-state index contributed by atoms with van der Waals surface area (Å²) >= 11 is 0. The minimum atomic E-state index is -0.00307. The number of H-pyrrole nitrogens is 1. The van der Waals surface area contributed by atoms with Gasteiger partial charge in [-0.1, -0.05) is 51.1 Å². The highest BCUT2D eigenvalue weighted by molar-refractivity contribution is 5.81. The van der Waals surface area contributed by atoms with E-state index in [4.69, 9.17) is 0 Å². The lowest BCUT2D eigenvalue weighted by Crippen LogP contribution is -2.35. The van der Waals surface area contributed by atoms with Crippen LogP contribution in [0.1, 0.15) is 44.5 Å². The molecule has 0 spiro atoms. The van der Waals surface area contributed by atoms with Gasteiger partial charge in [0.25, 0.3) is 0 Å². The van der Waals surface area contributed by atoms with Gasteiger partial charge in [-0.05, 0) is 30.2 Å². The van der Waals surface area contributed by atoms with Gasteiger partial charge in [0.2, 0.25) is 0 Å². The molecule has 0 saturated heterocycles. The predicted molar refractivity (Wildman–Crippen MR) is 107 cm³/mol. The van der Waals surface area contributed by atoms with Crippen LogP contribution in [0.4, 0.5) is 0 Å². The number of aliphatic hydroxyl groups excluding tert-OH is 1. The minimum absolute atomic E-state index is 0.00307. The normalized spacial score (nSPS) is 13.5. The number of pyridine rings is 1. The van der Waals surface area contributed by atoms with E-state index in [-0.39, 0.29) is 18.1 Å². The van der Waals surface area contributed by atoms with E-state index in [0.717, 1.165) is 18.7 Å². The van der Waals surface area contributed by atoms with Crippen molar-refractivity contribution < 1.29 is 5.11 Å². The molecule has 2 heterocycles. The van der Waals surface area contributed by atoms with E-state index in [1.807, 2.05) is 18.3 Å². The summed E-state index contributed by atoms with van der Waals surface area (Å²) in [5.41, 5.74) is 4.68. The Balaban J connectivity index is 2.00. The van der Waals surface area contributed by atoms with E-state index in [1.54, 1.807) is 0 Å². The highest BCUT2D eigenvalue weighted by Crippen LogP contribution is 2.32. The van der Waals surface area contributed by atoms with Gasteiger partial charge >= 0.3 is 0 Å². The van der Waals surface area contributed by atoms with Crippen molar-refractivity contribution in [3.63, 3.8) is 0 Å². The van der Waals surface area contributed by atoms with Crippen molar-refractivity contribution in [2.75, 3.05) is 6.61 Å². The predicted octanol–water partition coefficient (Wildman–Crippen LogP) is 4.24. The number of fused-ring (bicyclic) bond motifs is 1. The molecule has 1 atom stereocenters. The maximum Gasteiger partial charge on any atom is 0.137 e. The monoisotopic (exact) mass is 351 g/mol. The quantitative estimate of drug-likeness (QED) is 0.698. The zero-order valence-electron chi connectivity index (χ0n) is 16.2. The highest BCUT2D eigenvalue weighted by atomic mass is 16.3. The number of aliphatic hydroxyl groups is 1. The number of aromatic nitrogens is 2. The van der Waals surface area contributed by atoms with Gasteiger partial charge in [0.15, 0.2) is 0 Å². The van der Waals surface area contributed by atoms with Crippen LogP contribution in [-0.2, 0) is 18.5 Å². The molecule has 0 fully saturated rings. The van der Waals surface area contributed by atoms with Gasteiger partial charge in [0, 0.05) is 41.8 Å². The molecule has 0 aliphatic carbocycles. The van der Waals surface area contributed by atoms with Crippen LogP contribution >= 0.6 is 0 Å². The average Bonchev–Trinajstić information content (AvgIpc) is 3.00. The third-order valence-electron chi connectivity index (χ3n) is 4.91. The first-order valence-corrected chi connectivity index (χ1v) is 9.25. The lowest BCUT2D eigenvalue weighted by molar-refractivity contribution is 0.121. The molecule has 0 unspecified atom stereocenters. The number of hydrogen-bond donors (Lipinski definition) is 2. The Morgan fingerprint density at radius 1 is 1.08 bits per heavy atom. The molecule has 0 radical (unpaired) electrons. The van der Waals surface area contributed by atoms with E-state index >= 15 is 0 Å². The molecule has 0 aliphatic rings. The molecular weight excluding hydrogens is 322 g/mol. The smallest absolute Gasteiger partial charge is 0.137 e. The summed E-state index contributed by atoms with van der Waals surface area (Å²) in [6.07, 6.45) is 1.83. The van der Waals surface area contributed by atoms with E-state index < -0.39 is 0 Å². The molecular formula is C22H29N3O. The number of rotatable bonds is 6. The second-order valence-corrected chi connectivity index (χ2v) is 8.05. The van der Waals surface area contributed by atoms with Crippen LogP contribution in [0.5, 0.6) is 0 Å². The summed E-state index contributed by atoms with van der Waals surface area (Å²) in [6, 6.07) is 14.6. The van der Waals surface area contributed by atoms with E-state index in [1.165, 1.54) is 22.2 Å². The van der Waals surface area contributed by atoms with E-state index in [0.29, 0.717) is 0 Å². The van der Waals surface area contributed by atoms with Gasteiger partial charge < -0.3 is 10.1 Å². The molecule has 138 valence electrons. The van der Waals surface area contributed by atoms with Gasteiger partial charge in [0.1, 0.15) is 5.65 Å². The molecule has 3 aromatic rings. The molecule has 26 heavy (non-hydrogen) atoms. The van der Waals surface area contributed by atoms with Gasteiger partial charge in [-0.2, -0.15) is 0 Å². The summed E-state index contributed by atoms with van der Waals surface area (Å²) in [5.74, 6) is 0. The van der Waals surface area contributed by atoms with Gasteiger partial charge in [-0.15, -0.1) is 0 Å². The molecule has 3 rings (SSSR count). The maximum absolute atomic E-state index is 9.79. The molecule has 4 heteroatoms. The molecule has 0 amide bonds. The van der Waals surface area contributed by atoms with Crippen molar-refractivity contribution in [2.45, 2.75) is 52.2 Å². The third kappa shape index (κ3) is 3.97. The Bertz CT molecular complexity index is 849. The minimum Gasteiger partial charge on any atom is -0.395 e. The molecule has 1 aromatic carbocycles. The molecule has 2 N–H and O–H groups in total. The number of benzene rings is 1. The van der Waals surface area contributed by atoms with Crippen LogP contribution in [0.25, 0.3) is 11.0 Å². The van der Waals surface area contributed by atoms with Crippen molar-refractivity contribution in [2.24, 2.45) is 0 Å². The summed E-state index contributed by atoms with van der Waals surface area (Å²) in [7, 11) is 0. The Morgan fingerprint density at radius 2 is 1.81 bits per heavy atom. The molecule has 0 bridgehead atoms. The van der Waals surface area contributed by atoms with Crippen LogP contribution in [0.3, 0.4) is 0 Å². The Labute approximate surface area is 155 Å². The van der Waals surface area contributed by atoms with Crippen molar-refractivity contribution in [1.29, 1.82) is 0 Å². The zero-order chi connectivity index (χ0) is 18.7. The zero-order valence-corrected chi connectivity index (χ0v) is 16.2. The fraction of sp³-hybridized carbons (Fsp3) is 0.409. The second-order valence-electron chi connectivity index (χ2n) is 8.05. The van der Waals surface area contributed by atoms with E-state index in [2.05, 4.69) is 72.9 Å². The molecule has 4 nitrogen and oxygen atoms in total. The Kier molecular flexibility index (Phi) is 5.44. The number of nitrogens with one attached hydrogen (secondary N) is 1. The van der Waals surface area contributed by atoms with Crippen LogP contribution in [0.15, 0.2) is 48.7 Å². The maximum atomic E-state index is 9.79. The number of nitrogens with zero attached hydrogens (tertiary/aromatic N) is 2. The van der Waals surface area contributed by atoms with Gasteiger partial charge in [-0.25, -0.2) is 4.98 Å². The lowest BCUT2D eigenvalue weighted by atomic mass is 9.88.